The van der Waals surface area contributed by atoms with E-state index in [1.165, 1.54) is 13.8 Å². The maximum atomic E-state index is 12.6. The second-order valence-electron chi connectivity index (χ2n) is 4.52. The van der Waals surface area contributed by atoms with Crippen molar-refractivity contribution in [1.82, 2.24) is 0 Å². The van der Waals surface area contributed by atoms with Crippen LogP contribution in [0.2, 0.25) is 0 Å². The molecule has 1 rings (SSSR count). The van der Waals surface area contributed by atoms with Crippen molar-refractivity contribution >= 4 is 5.97 Å². The van der Waals surface area contributed by atoms with Crippen LogP contribution in [0.4, 0.5) is 8.78 Å². The number of carbonyl (C=O) groups is 1. The van der Waals surface area contributed by atoms with Crippen molar-refractivity contribution in [1.29, 1.82) is 0 Å². The Labute approximate surface area is 80.7 Å². The summed E-state index contributed by atoms with van der Waals surface area (Å²) >= 11 is 0. The van der Waals surface area contributed by atoms with Gasteiger partial charge in [-0.3, -0.25) is 0 Å². The van der Waals surface area contributed by atoms with Crippen molar-refractivity contribution < 1.29 is 23.8 Å². The van der Waals surface area contributed by atoms with Crippen LogP contribution in [-0.2, 0) is 4.79 Å². The summed E-state index contributed by atoms with van der Waals surface area (Å²) in [6.07, 6.45) is -2.24. The first-order valence-electron chi connectivity index (χ1n) is 4.45. The molecular weight excluding hydrogens is 194 g/mol. The molecule has 1 saturated carbocycles. The normalized spacial score (nSPS) is 24.1. The number of halogens is 2. The molecule has 0 spiro atoms. The van der Waals surface area contributed by atoms with Gasteiger partial charge in [-0.2, -0.15) is 0 Å². The first-order valence-corrected chi connectivity index (χ1v) is 4.45. The summed E-state index contributed by atoms with van der Waals surface area (Å²) in [4.78, 5) is 10.5. The zero-order valence-electron chi connectivity index (χ0n) is 8.13. The quantitative estimate of drug-likeness (QED) is 0.739. The first-order chi connectivity index (χ1) is 6.17. The largest absolute Gasteiger partial charge is 0.479 e. The van der Waals surface area contributed by atoms with E-state index in [1.54, 1.807) is 0 Å². The van der Waals surface area contributed by atoms with E-state index in [4.69, 9.17) is 5.11 Å². The standard InChI is InChI=1S/C9H14F2O3/c1-8(2,6(12)7(13)14)5-3-9(10,11)4-5/h5-6,12H,3-4H2,1-2H3,(H,13,14). The lowest BCUT2D eigenvalue weighted by Crippen LogP contribution is -2.50. The maximum absolute atomic E-state index is 12.6. The number of aliphatic hydroxyl groups excluding tert-OH is 1. The van der Waals surface area contributed by atoms with E-state index in [-0.39, 0.29) is 12.8 Å². The van der Waals surface area contributed by atoms with Crippen LogP contribution >= 0.6 is 0 Å². The molecule has 1 aliphatic carbocycles. The van der Waals surface area contributed by atoms with Crippen molar-refractivity contribution in [2.75, 3.05) is 0 Å². The average Bonchev–Trinajstić information content (AvgIpc) is 1.98. The van der Waals surface area contributed by atoms with Crippen LogP contribution in [0.3, 0.4) is 0 Å². The Hall–Kier alpha value is -0.710. The van der Waals surface area contributed by atoms with Crippen LogP contribution in [0.5, 0.6) is 0 Å². The van der Waals surface area contributed by atoms with E-state index in [1.807, 2.05) is 0 Å². The van der Waals surface area contributed by atoms with Gasteiger partial charge in [0.05, 0.1) is 0 Å². The second kappa shape index (κ2) is 3.15. The van der Waals surface area contributed by atoms with E-state index in [0.29, 0.717) is 0 Å². The van der Waals surface area contributed by atoms with Gasteiger partial charge in [0.1, 0.15) is 0 Å². The van der Waals surface area contributed by atoms with Crippen molar-refractivity contribution in [2.24, 2.45) is 11.3 Å². The molecule has 1 atom stereocenters. The molecule has 0 aromatic carbocycles. The number of hydrogen-bond donors (Lipinski definition) is 2. The third-order valence-corrected chi connectivity index (χ3v) is 3.08. The molecule has 0 amide bonds. The summed E-state index contributed by atoms with van der Waals surface area (Å²) in [7, 11) is 0. The van der Waals surface area contributed by atoms with E-state index >= 15 is 0 Å². The summed E-state index contributed by atoms with van der Waals surface area (Å²) in [5.74, 6) is -4.46. The first kappa shape index (κ1) is 11.4. The fourth-order valence-corrected chi connectivity index (χ4v) is 1.73. The van der Waals surface area contributed by atoms with Gasteiger partial charge in [0, 0.05) is 18.3 Å². The highest BCUT2D eigenvalue weighted by molar-refractivity contribution is 5.73. The smallest absolute Gasteiger partial charge is 0.333 e. The molecule has 0 saturated heterocycles. The molecule has 1 unspecified atom stereocenters. The highest BCUT2D eigenvalue weighted by Gasteiger charge is 2.54. The molecule has 2 N–H and O–H groups in total. The van der Waals surface area contributed by atoms with E-state index in [2.05, 4.69) is 0 Å². The molecule has 0 aliphatic heterocycles. The molecular formula is C9H14F2O3. The Balaban J connectivity index is 2.64. The SMILES string of the molecule is CC(C)(C1CC(F)(F)C1)C(O)C(=O)O. The minimum Gasteiger partial charge on any atom is -0.479 e. The molecule has 14 heavy (non-hydrogen) atoms. The number of aliphatic hydroxyl groups is 1. The molecule has 0 bridgehead atoms. The van der Waals surface area contributed by atoms with Gasteiger partial charge in [-0.1, -0.05) is 13.8 Å². The lowest BCUT2D eigenvalue weighted by atomic mass is 9.63. The Kier molecular flexibility index (Phi) is 2.56. The average molecular weight is 208 g/mol. The zero-order chi connectivity index (χ0) is 11.1. The highest BCUT2D eigenvalue weighted by Crippen LogP contribution is 2.52. The van der Waals surface area contributed by atoms with Crippen LogP contribution in [0.1, 0.15) is 26.7 Å². The predicted molar refractivity (Wildman–Crippen MR) is 45.1 cm³/mol. The Bertz CT molecular complexity index is 242. The summed E-state index contributed by atoms with van der Waals surface area (Å²) in [6, 6.07) is 0. The number of aliphatic carboxylic acids is 1. The molecule has 1 aliphatic rings. The minimum atomic E-state index is -2.68. The topological polar surface area (TPSA) is 57.5 Å². The van der Waals surface area contributed by atoms with E-state index in [0.717, 1.165) is 0 Å². The summed E-state index contributed by atoms with van der Waals surface area (Å²) in [5.41, 5.74) is -0.993. The van der Waals surface area contributed by atoms with Gasteiger partial charge < -0.3 is 10.2 Å². The summed E-state index contributed by atoms with van der Waals surface area (Å²) in [6.45, 7) is 3.01. The van der Waals surface area contributed by atoms with Crippen molar-refractivity contribution in [3.63, 3.8) is 0 Å². The van der Waals surface area contributed by atoms with Crippen molar-refractivity contribution in [3.05, 3.63) is 0 Å². The van der Waals surface area contributed by atoms with Crippen LogP contribution in [0.15, 0.2) is 0 Å². The van der Waals surface area contributed by atoms with Crippen molar-refractivity contribution in [3.8, 4) is 0 Å². The highest BCUT2D eigenvalue weighted by atomic mass is 19.3. The summed E-state index contributed by atoms with van der Waals surface area (Å²) in [5, 5.41) is 17.9. The van der Waals surface area contributed by atoms with Crippen LogP contribution in [-0.4, -0.2) is 28.2 Å². The Morgan fingerprint density at radius 3 is 2.21 bits per heavy atom. The molecule has 0 heterocycles. The monoisotopic (exact) mass is 208 g/mol. The maximum Gasteiger partial charge on any atom is 0.333 e. The Morgan fingerprint density at radius 2 is 1.93 bits per heavy atom. The van der Waals surface area contributed by atoms with Gasteiger partial charge in [0.2, 0.25) is 5.92 Å². The lowest BCUT2D eigenvalue weighted by molar-refractivity contribution is -0.179. The van der Waals surface area contributed by atoms with Gasteiger partial charge >= 0.3 is 5.97 Å². The van der Waals surface area contributed by atoms with Gasteiger partial charge in [-0.05, 0) is 5.92 Å². The summed E-state index contributed by atoms with van der Waals surface area (Å²) < 4.78 is 25.1. The molecule has 0 aromatic rings. The van der Waals surface area contributed by atoms with E-state index in [9.17, 15) is 18.7 Å². The molecule has 82 valence electrons. The predicted octanol–water partition coefficient (Wildman–Crippen LogP) is 1.50. The van der Waals surface area contributed by atoms with Crippen molar-refractivity contribution in [2.45, 2.75) is 38.7 Å². The number of carboxylic acids is 1. The zero-order valence-corrected chi connectivity index (χ0v) is 8.13. The number of carboxylic acid groups (broad SMARTS) is 1. The molecule has 0 radical (unpaired) electrons. The molecule has 5 heteroatoms. The fraction of sp³-hybridized carbons (Fsp3) is 0.889. The molecule has 3 nitrogen and oxygen atoms in total. The van der Waals surface area contributed by atoms with Crippen LogP contribution < -0.4 is 0 Å². The van der Waals surface area contributed by atoms with Crippen LogP contribution in [0, 0.1) is 11.3 Å². The Morgan fingerprint density at radius 1 is 1.50 bits per heavy atom. The number of alkyl halides is 2. The van der Waals surface area contributed by atoms with Gasteiger partial charge in [0.25, 0.3) is 0 Å². The lowest BCUT2D eigenvalue weighted by Gasteiger charge is -2.46. The van der Waals surface area contributed by atoms with Gasteiger partial charge in [-0.15, -0.1) is 0 Å². The number of hydrogen-bond acceptors (Lipinski definition) is 2. The van der Waals surface area contributed by atoms with Crippen LogP contribution in [0.25, 0.3) is 0 Å². The third kappa shape index (κ3) is 1.87. The third-order valence-electron chi connectivity index (χ3n) is 3.08. The van der Waals surface area contributed by atoms with Gasteiger partial charge in [0.15, 0.2) is 6.10 Å². The molecule has 0 aromatic heterocycles. The van der Waals surface area contributed by atoms with Gasteiger partial charge in [-0.25, -0.2) is 13.6 Å². The molecule has 1 fully saturated rings. The minimum absolute atomic E-state index is 0.329. The second-order valence-corrected chi connectivity index (χ2v) is 4.52. The number of rotatable bonds is 3. The fourth-order valence-electron chi connectivity index (χ4n) is 1.73. The van der Waals surface area contributed by atoms with E-state index < -0.39 is 29.3 Å².